The summed E-state index contributed by atoms with van der Waals surface area (Å²) in [6, 6.07) is 3.09. The van der Waals surface area contributed by atoms with E-state index >= 15 is 0 Å². The normalized spacial score (nSPS) is 10.1. The lowest BCUT2D eigenvalue weighted by atomic mass is 10.0. The number of nitrogens with zero attached hydrogens (tertiary/aromatic N) is 2. The second-order valence-corrected chi connectivity index (χ2v) is 3.66. The molecule has 0 radical (unpaired) electrons. The fourth-order valence-electron chi connectivity index (χ4n) is 1.97. The van der Waals surface area contributed by atoms with Gasteiger partial charge in [-0.15, -0.1) is 0 Å². The lowest BCUT2D eigenvalue weighted by Gasteiger charge is -2.09. The highest BCUT2D eigenvalue weighted by Crippen LogP contribution is 2.24. The summed E-state index contributed by atoms with van der Waals surface area (Å²) in [7, 11) is 0. The molecule has 2 aromatic rings. The third-order valence-electron chi connectivity index (χ3n) is 2.70. The van der Waals surface area contributed by atoms with E-state index in [-0.39, 0.29) is 11.8 Å². The van der Waals surface area contributed by atoms with Crippen LogP contribution in [-0.2, 0) is 12.8 Å². The van der Waals surface area contributed by atoms with Gasteiger partial charge in [-0.05, 0) is 30.5 Å². The zero-order valence-corrected chi connectivity index (χ0v) is 11.4. The highest BCUT2D eigenvalue weighted by molar-refractivity contribution is 5.85. The van der Waals surface area contributed by atoms with Crippen molar-refractivity contribution < 1.29 is 4.39 Å². The fourth-order valence-corrected chi connectivity index (χ4v) is 1.97. The van der Waals surface area contributed by atoms with Crippen molar-refractivity contribution in [1.29, 1.82) is 0 Å². The van der Waals surface area contributed by atoms with E-state index in [1.54, 1.807) is 6.07 Å². The number of aromatic nitrogens is 2. The number of nitrogen functional groups attached to an aromatic ring is 1. The number of nitrogens with two attached hydrogens (primary N) is 1. The summed E-state index contributed by atoms with van der Waals surface area (Å²) in [5.74, 6) is 0.0519. The van der Waals surface area contributed by atoms with Crippen LogP contribution in [0.5, 0.6) is 0 Å². The van der Waals surface area contributed by atoms with Crippen LogP contribution in [0.3, 0.4) is 0 Å². The first-order valence-electron chi connectivity index (χ1n) is 6.40. The van der Waals surface area contributed by atoms with E-state index in [0.717, 1.165) is 23.0 Å². The lowest BCUT2D eigenvalue weighted by Crippen LogP contribution is -2.03. The second kappa shape index (κ2) is 6.28. The Bertz CT molecular complexity index is 538. The van der Waals surface area contributed by atoms with Crippen LogP contribution in [0.1, 0.15) is 39.0 Å². The van der Waals surface area contributed by atoms with Gasteiger partial charge in [-0.1, -0.05) is 27.7 Å². The fraction of sp³-hybridized carbons (Fsp3) is 0.429. The van der Waals surface area contributed by atoms with Gasteiger partial charge < -0.3 is 5.73 Å². The number of halogens is 1. The van der Waals surface area contributed by atoms with Gasteiger partial charge in [-0.2, -0.15) is 0 Å². The molecule has 2 N–H and O–H groups in total. The number of hydrogen-bond donors (Lipinski definition) is 1. The van der Waals surface area contributed by atoms with Gasteiger partial charge in [0, 0.05) is 5.39 Å². The number of fused-ring (bicyclic) bond motifs is 1. The number of anilines is 1. The van der Waals surface area contributed by atoms with Gasteiger partial charge in [-0.3, -0.25) is 0 Å². The second-order valence-electron chi connectivity index (χ2n) is 3.66. The van der Waals surface area contributed by atoms with Crippen molar-refractivity contribution >= 4 is 16.9 Å². The third-order valence-corrected chi connectivity index (χ3v) is 2.70. The number of rotatable bonds is 2. The van der Waals surface area contributed by atoms with Crippen molar-refractivity contribution in [1.82, 2.24) is 9.97 Å². The van der Waals surface area contributed by atoms with E-state index in [9.17, 15) is 4.39 Å². The van der Waals surface area contributed by atoms with E-state index in [4.69, 9.17) is 5.73 Å². The largest absolute Gasteiger partial charge is 0.368 e. The molecule has 4 heteroatoms. The lowest BCUT2D eigenvalue weighted by molar-refractivity contribution is 0.614. The Balaban J connectivity index is 0.000000771. The molecule has 0 aliphatic rings. The molecule has 2 rings (SSSR count). The van der Waals surface area contributed by atoms with Crippen LogP contribution in [0.4, 0.5) is 10.3 Å². The third kappa shape index (κ3) is 2.58. The van der Waals surface area contributed by atoms with Crippen LogP contribution in [0.2, 0.25) is 0 Å². The van der Waals surface area contributed by atoms with Crippen LogP contribution in [0.25, 0.3) is 10.9 Å². The van der Waals surface area contributed by atoms with Crippen molar-refractivity contribution in [2.45, 2.75) is 40.5 Å². The van der Waals surface area contributed by atoms with Crippen LogP contribution in [0, 0.1) is 5.82 Å². The highest BCUT2D eigenvalue weighted by atomic mass is 19.1. The van der Waals surface area contributed by atoms with Crippen LogP contribution >= 0.6 is 0 Å². The van der Waals surface area contributed by atoms with E-state index < -0.39 is 0 Å². The van der Waals surface area contributed by atoms with Gasteiger partial charge in [0.1, 0.15) is 5.82 Å². The summed E-state index contributed by atoms with van der Waals surface area (Å²) in [4.78, 5) is 8.30. The van der Waals surface area contributed by atoms with E-state index in [2.05, 4.69) is 9.97 Å². The summed E-state index contributed by atoms with van der Waals surface area (Å²) in [6.45, 7) is 7.90. The van der Waals surface area contributed by atoms with Crippen LogP contribution in [-0.4, -0.2) is 9.97 Å². The molecule has 1 aromatic carbocycles. The molecule has 0 saturated heterocycles. The maximum absolute atomic E-state index is 13.6. The van der Waals surface area contributed by atoms with Crippen molar-refractivity contribution in [3.05, 3.63) is 29.2 Å². The SMILES string of the molecule is CC.CCc1nc(N)nc2ccc(F)c(CC)c12. The molecule has 18 heavy (non-hydrogen) atoms. The van der Waals surface area contributed by atoms with Crippen molar-refractivity contribution in [2.75, 3.05) is 5.73 Å². The first-order valence-corrected chi connectivity index (χ1v) is 6.40. The van der Waals surface area contributed by atoms with Gasteiger partial charge in [0.15, 0.2) is 0 Å². The predicted octanol–water partition coefficient (Wildman–Crippen LogP) is 3.50. The van der Waals surface area contributed by atoms with E-state index in [1.807, 2.05) is 27.7 Å². The van der Waals surface area contributed by atoms with E-state index in [0.29, 0.717) is 12.0 Å². The zero-order chi connectivity index (χ0) is 13.7. The van der Waals surface area contributed by atoms with Gasteiger partial charge in [0.2, 0.25) is 5.95 Å². The minimum absolute atomic E-state index is 0.196. The number of hydrogen-bond acceptors (Lipinski definition) is 3. The minimum atomic E-state index is -0.196. The van der Waals surface area contributed by atoms with Gasteiger partial charge in [0.25, 0.3) is 0 Å². The summed E-state index contributed by atoms with van der Waals surface area (Å²) in [5.41, 5.74) is 7.83. The average molecular weight is 249 g/mol. The molecule has 0 aliphatic heterocycles. The van der Waals surface area contributed by atoms with Crippen LogP contribution < -0.4 is 5.73 Å². The molecule has 1 heterocycles. The summed E-state index contributed by atoms with van der Waals surface area (Å²) < 4.78 is 13.6. The van der Waals surface area contributed by atoms with Crippen molar-refractivity contribution in [3.8, 4) is 0 Å². The molecular formula is C14H20FN3. The minimum Gasteiger partial charge on any atom is -0.368 e. The monoisotopic (exact) mass is 249 g/mol. The number of aryl methyl sites for hydroxylation is 2. The molecule has 0 bridgehead atoms. The first-order chi connectivity index (χ1) is 8.67. The molecule has 98 valence electrons. The highest BCUT2D eigenvalue weighted by Gasteiger charge is 2.12. The van der Waals surface area contributed by atoms with Crippen molar-refractivity contribution in [3.63, 3.8) is 0 Å². The average Bonchev–Trinajstić information content (AvgIpc) is 2.40. The van der Waals surface area contributed by atoms with Gasteiger partial charge in [-0.25, -0.2) is 14.4 Å². The maximum atomic E-state index is 13.6. The molecule has 3 nitrogen and oxygen atoms in total. The van der Waals surface area contributed by atoms with Gasteiger partial charge in [0.05, 0.1) is 11.2 Å². The molecule has 0 saturated carbocycles. The van der Waals surface area contributed by atoms with Crippen LogP contribution in [0.15, 0.2) is 12.1 Å². The Hall–Kier alpha value is -1.71. The van der Waals surface area contributed by atoms with Gasteiger partial charge >= 0.3 is 0 Å². The molecule has 1 aromatic heterocycles. The quantitative estimate of drug-likeness (QED) is 0.886. The smallest absolute Gasteiger partial charge is 0.220 e. The molecule has 0 unspecified atom stereocenters. The summed E-state index contributed by atoms with van der Waals surface area (Å²) in [6.07, 6.45) is 1.35. The topological polar surface area (TPSA) is 51.8 Å². The molecule has 0 atom stereocenters. The molecule has 0 aliphatic carbocycles. The summed E-state index contributed by atoms with van der Waals surface area (Å²) >= 11 is 0. The molecule has 0 fully saturated rings. The molecular weight excluding hydrogens is 229 g/mol. The Morgan fingerprint density at radius 1 is 1.11 bits per heavy atom. The predicted molar refractivity (Wildman–Crippen MR) is 74.0 cm³/mol. The Labute approximate surface area is 107 Å². The first kappa shape index (κ1) is 14.4. The van der Waals surface area contributed by atoms with Crippen molar-refractivity contribution in [2.24, 2.45) is 0 Å². The maximum Gasteiger partial charge on any atom is 0.220 e. The Morgan fingerprint density at radius 3 is 2.33 bits per heavy atom. The summed E-state index contributed by atoms with van der Waals surface area (Å²) in [5, 5.41) is 0.819. The number of benzene rings is 1. The molecule has 0 amide bonds. The molecule has 0 spiro atoms. The van der Waals surface area contributed by atoms with E-state index in [1.165, 1.54) is 6.07 Å². The zero-order valence-electron chi connectivity index (χ0n) is 11.4. The standard InChI is InChI=1S/C12H14FN3.C2H6/c1-3-7-8(13)5-6-10-11(7)9(4-2)15-12(14)16-10;1-2/h5-6H,3-4H2,1-2H3,(H2,14,15,16);1-2H3. The Kier molecular flexibility index (Phi) is 5.01. The Morgan fingerprint density at radius 2 is 1.78 bits per heavy atom.